The Labute approximate surface area is 258 Å². The molecular weight excluding hydrogens is 591 g/mol. The van der Waals surface area contributed by atoms with E-state index in [0.29, 0.717) is 34.8 Å². The lowest BCUT2D eigenvalue weighted by molar-refractivity contribution is 0.305. The van der Waals surface area contributed by atoms with Gasteiger partial charge in [-0.05, 0) is 64.7 Å². The Morgan fingerprint density at radius 2 is 1.69 bits per heavy atom. The predicted molar refractivity (Wildman–Crippen MR) is 172 cm³/mol. The molecule has 4 heterocycles. The molecular formula is C34H27FN6O3S. The highest BCUT2D eigenvalue weighted by Crippen LogP contribution is 2.35. The molecule has 3 N–H and O–H groups in total. The fourth-order valence-electron chi connectivity index (χ4n) is 5.32. The molecule has 224 valence electrons. The first kappa shape index (κ1) is 28.4. The number of sulfonamides is 1. The number of H-pyrrole nitrogens is 2. The number of hydrogen-bond acceptors (Lipinski definition) is 6. The summed E-state index contributed by atoms with van der Waals surface area (Å²) in [6, 6.07) is 26.2. The molecule has 0 aliphatic carbocycles. The number of halogens is 1. The minimum atomic E-state index is -3.43. The van der Waals surface area contributed by atoms with Gasteiger partial charge in [-0.2, -0.15) is 5.10 Å². The molecule has 4 aromatic heterocycles. The Balaban J connectivity index is 1.22. The zero-order chi connectivity index (χ0) is 31.0. The van der Waals surface area contributed by atoms with Crippen LogP contribution in [0.1, 0.15) is 11.1 Å². The summed E-state index contributed by atoms with van der Waals surface area (Å²) in [4.78, 5) is 12.4. The Hall–Kier alpha value is -5.39. The van der Waals surface area contributed by atoms with Crippen LogP contribution in [0.5, 0.6) is 5.75 Å². The van der Waals surface area contributed by atoms with E-state index >= 15 is 0 Å². The quantitative estimate of drug-likeness (QED) is 0.167. The van der Waals surface area contributed by atoms with Crippen LogP contribution in [0.25, 0.3) is 55.6 Å². The fourth-order valence-corrected chi connectivity index (χ4v) is 5.75. The molecule has 0 amide bonds. The van der Waals surface area contributed by atoms with Gasteiger partial charge in [0.2, 0.25) is 10.0 Å². The van der Waals surface area contributed by atoms with E-state index in [1.54, 1.807) is 24.7 Å². The number of benzene rings is 3. The minimum Gasteiger partial charge on any atom is -0.487 e. The van der Waals surface area contributed by atoms with Gasteiger partial charge < -0.3 is 9.72 Å². The number of aromatic nitrogens is 5. The van der Waals surface area contributed by atoms with E-state index in [9.17, 15) is 12.8 Å². The maximum absolute atomic E-state index is 14.6. The molecule has 9 nitrogen and oxygen atoms in total. The molecule has 7 aromatic rings. The van der Waals surface area contributed by atoms with Crippen LogP contribution in [0.4, 0.5) is 4.39 Å². The maximum atomic E-state index is 14.6. The summed E-state index contributed by atoms with van der Waals surface area (Å²) in [5.41, 5.74) is 7.64. The Morgan fingerprint density at radius 1 is 0.844 bits per heavy atom. The molecule has 11 heteroatoms. The lowest BCUT2D eigenvalue weighted by Gasteiger charge is -2.08. The summed E-state index contributed by atoms with van der Waals surface area (Å²) in [6.07, 6.45) is 6.30. The molecule has 3 aromatic carbocycles. The number of fused-ring (bicyclic) bond motifs is 2. The van der Waals surface area contributed by atoms with Crippen molar-refractivity contribution in [1.82, 2.24) is 29.9 Å². The number of rotatable bonds is 9. The Kier molecular flexibility index (Phi) is 7.32. The number of hydrogen-bond donors (Lipinski definition) is 3. The Bertz CT molecular complexity index is 2280. The van der Waals surface area contributed by atoms with Crippen molar-refractivity contribution in [1.29, 1.82) is 0 Å². The molecule has 0 atom stereocenters. The molecule has 0 spiro atoms. The molecule has 0 bridgehead atoms. The fraction of sp³-hybridized carbons (Fsp3) is 0.0882. The van der Waals surface area contributed by atoms with Crippen LogP contribution in [0.3, 0.4) is 0 Å². The number of ether oxygens (including phenoxy) is 1. The van der Waals surface area contributed by atoms with Gasteiger partial charge in [-0.3, -0.25) is 10.1 Å². The van der Waals surface area contributed by atoms with Crippen LogP contribution in [-0.4, -0.2) is 39.8 Å². The van der Waals surface area contributed by atoms with Crippen LogP contribution in [0.15, 0.2) is 104 Å². The van der Waals surface area contributed by atoms with Gasteiger partial charge in [-0.15, -0.1) is 0 Å². The molecule has 7 rings (SSSR count). The number of nitrogens with zero attached hydrogens (tertiary/aromatic N) is 3. The van der Waals surface area contributed by atoms with Crippen molar-refractivity contribution in [2.24, 2.45) is 0 Å². The SMILES string of the molecule is CS(=O)(=O)NCc1cc(F)cc(-c2cccc3[nH]c(-c4n[nH]c5ncc(-c6cncc(OCc7ccccc7)c6)cc45)cc23)c1. The van der Waals surface area contributed by atoms with Gasteiger partial charge in [0.05, 0.1) is 18.1 Å². The summed E-state index contributed by atoms with van der Waals surface area (Å²) in [5, 5.41) is 9.27. The summed E-state index contributed by atoms with van der Waals surface area (Å²) < 4.78 is 46.2. The van der Waals surface area contributed by atoms with Gasteiger partial charge in [0.1, 0.15) is 23.9 Å². The van der Waals surface area contributed by atoms with E-state index in [-0.39, 0.29) is 6.54 Å². The van der Waals surface area contributed by atoms with Gasteiger partial charge in [0, 0.05) is 46.4 Å². The van der Waals surface area contributed by atoms with Gasteiger partial charge in [-0.1, -0.05) is 42.5 Å². The van der Waals surface area contributed by atoms with Crippen molar-refractivity contribution in [3.63, 3.8) is 0 Å². The van der Waals surface area contributed by atoms with Gasteiger partial charge in [0.15, 0.2) is 5.65 Å². The zero-order valence-corrected chi connectivity index (χ0v) is 24.9. The molecule has 0 saturated carbocycles. The molecule has 0 aliphatic rings. The number of aromatic amines is 2. The van der Waals surface area contributed by atoms with Gasteiger partial charge in [0.25, 0.3) is 0 Å². The van der Waals surface area contributed by atoms with Crippen molar-refractivity contribution >= 4 is 32.0 Å². The summed E-state index contributed by atoms with van der Waals surface area (Å²) >= 11 is 0. The molecule has 0 fully saturated rings. The Morgan fingerprint density at radius 3 is 2.53 bits per heavy atom. The molecule has 45 heavy (non-hydrogen) atoms. The third-order valence-electron chi connectivity index (χ3n) is 7.44. The van der Waals surface area contributed by atoms with Crippen LogP contribution in [-0.2, 0) is 23.2 Å². The normalized spacial score (nSPS) is 11.8. The second kappa shape index (κ2) is 11.6. The van der Waals surface area contributed by atoms with E-state index < -0.39 is 15.8 Å². The largest absolute Gasteiger partial charge is 0.487 e. The lowest BCUT2D eigenvalue weighted by atomic mass is 9.99. The molecule has 0 unspecified atom stereocenters. The number of nitrogens with one attached hydrogen (secondary N) is 3. The molecule has 0 radical (unpaired) electrons. The second-order valence-electron chi connectivity index (χ2n) is 10.8. The number of pyridine rings is 2. The van der Waals surface area contributed by atoms with Crippen LogP contribution in [0.2, 0.25) is 0 Å². The minimum absolute atomic E-state index is 0.00979. The van der Waals surface area contributed by atoms with Crippen molar-refractivity contribution in [3.8, 4) is 39.4 Å². The average Bonchev–Trinajstić information content (AvgIpc) is 3.67. The van der Waals surface area contributed by atoms with E-state index in [1.165, 1.54) is 12.1 Å². The highest BCUT2D eigenvalue weighted by atomic mass is 32.2. The zero-order valence-electron chi connectivity index (χ0n) is 24.1. The topological polar surface area (TPSA) is 126 Å². The lowest BCUT2D eigenvalue weighted by Crippen LogP contribution is -2.21. The van der Waals surface area contributed by atoms with Gasteiger partial charge >= 0.3 is 0 Å². The third kappa shape index (κ3) is 6.17. The molecule has 0 aliphatic heterocycles. The third-order valence-corrected chi connectivity index (χ3v) is 8.11. The smallest absolute Gasteiger partial charge is 0.209 e. The first-order valence-electron chi connectivity index (χ1n) is 14.1. The average molecular weight is 619 g/mol. The van der Waals surface area contributed by atoms with Crippen LogP contribution in [0, 0.1) is 5.82 Å². The summed E-state index contributed by atoms with van der Waals surface area (Å²) in [6.45, 7) is 0.427. The van der Waals surface area contributed by atoms with E-state index in [1.807, 2.05) is 66.7 Å². The second-order valence-corrected chi connectivity index (χ2v) is 12.6. The van der Waals surface area contributed by atoms with Crippen molar-refractivity contribution < 1.29 is 17.5 Å². The highest BCUT2D eigenvalue weighted by Gasteiger charge is 2.16. The van der Waals surface area contributed by atoms with Crippen molar-refractivity contribution in [2.75, 3.05) is 6.26 Å². The van der Waals surface area contributed by atoms with Crippen molar-refractivity contribution in [3.05, 3.63) is 120 Å². The first-order chi connectivity index (χ1) is 21.8. The van der Waals surface area contributed by atoms with E-state index in [2.05, 4.69) is 29.9 Å². The predicted octanol–water partition coefficient (Wildman–Crippen LogP) is 6.60. The first-order valence-corrected chi connectivity index (χ1v) is 16.0. The van der Waals surface area contributed by atoms with E-state index in [4.69, 9.17) is 4.74 Å². The van der Waals surface area contributed by atoms with E-state index in [0.717, 1.165) is 50.5 Å². The van der Waals surface area contributed by atoms with Crippen LogP contribution >= 0.6 is 0 Å². The molecule has 0 saturated heterocycles. The van der Waals surface area contributed by atoms with Crippen molar-refractivity contribution in [2.45, 2.75) is 13.2 Å². The van der Waals surface area contributed by atoms with Gasteiger partial charge in [-0.25, -0.2) is 22.5 Å². The van der Waals surface area contributed by atoms with Crippen LogP contribution < -0.4 is 9.46 Å². The highest BCUT2D eigenvalue weighted by molar-refractivity contribution is 7.88. The summed E-state index contributed by atoms with van der Waals surface area (Å²) in [5.74, 6) is 0.200. The maximum Gasteiger partial charge on any atom is 0.209 e. The summed E-state index contributed by atoms with van der Waals surface area (Å²) in [7, 11) is -3.43. The standard InChI is InChI=1S/C34H27FN6O3S/c1-45(42,43)38-16-22-10-23(12-26(35)11-22)28-8-5-9-31-29(28)15-32(39-31)33-30-14-25(18-37-34(30)41-40-33)24-13-27(19-36-17-24)44-20-21-6-3-2-4-7-21/h2-15,17-19,38-39H,16,20H2,1H3,(H,37,40,41). The monoisotopic (exact) mass is 618 g/mol.